The Morgan fingerprint density at radius 1 is 1.20 bits per heavy atom. The molecule has 0 saturated heterocycles. The van der Waals surface area contributed by atoms with Gasteiger partial charge in [0.15, 0.2) is 0 Å². The highest BCUT2D eigenvalue weighted by Gasteiger charge is 2.00. The molecule has 0 aromatic carbocycles. The largest absolute Gasteiger partial charge is 0.382 e. The smallest absolute Gasteiger partial charge is 0.0962 e. The fraction of sp³-hybridized carbons (Fsp3) is 0.875. The second-order valence-electron chi connectivity index (χ2n) is 2.08. The van der Waals surface area contributed by atoms with Crippen molar-refractivity contribution in [1.29, 1.82) is 0 Å². The quantitative estimate of drug-likeness (QED) is 0.532. The Morgan fingerprint density at radius 2 is 1.90 bits per heavy atom. The minimum atomic E-state index is 0.762. The van der Waals surface area contributed by atoms with E-state index >= 15 is 0 Å². The Bertz CT molecular complexity index is 64.3. The third kappa shape index (κ3) is 6.05. The van der Waals surface area contributed by atoms with Crippen LogP contribution in [-0.4, -0.2) is 19.8 Å². The van der Waals surface area contributed by atoms with Crippen LogP contribution in [0.2, 0.25) is 0 Å². The minimum absolute atomic E-state index is 0.762. The molecule has 1 radical (unpaired) electrons. The van der Waals surface area contributed by atoms with Crippen LogP contribution < -0.4 is 0 Å². The lowest BCUT2D eigenvalue weighted by Crippen LogP contribution is -2.03. The van der Waals surface area contributed by atoms with Crippen molar-refractivity contribution in [3.63, 3.8) is 0 Å². The van der Waals surface area contributed by atoms with Crippen LogP contribution in [0, 0.1) is 6.10 Å². The van der Waals surface area contributed by atoms with Crippen molar-refractivity contribution in [2.24, 2.45) is 0 Å². The molecule has 0 bridgehead atoms. The Kier molecular flexibility index (Phi) is 6.98. The Labute approximate surface area is 63.5 Å². The van der Waals surface area contributed by atoms with Crippen LogP contribution in [0.15, 0.2) is 0 Å². The van der Waals surface area contributed by atoms with Crippen molar-refractivity contribution in [2.45, 2.75) is 27.2 Å². The van der Waals surface area contributed by atoms with Crippen LogP contribution in [0.1, 0.15) is 27.2 Å². The molecule has 0 atom stereocenters. The Hall–Kier alpha value is -0.0800. The molecule has 0 aromatic rings. The standard InChI is InChI=1S/C8H17O2/c1-4-9-7-6-8(3)10-5-2/h4-7H2,1-3H3. The van der Waals surface area contributed by atoms with E-state index in [1.807, 2.05) is 20.8 Å². The fourth-order valence-corrected chi connectivity index (χ4v) is 0.679. The maximum absolute atomic E-state index is 5.23. The molecule has 0 aliphatic heterocycles. The molecule has 2 nitrogen and oxygen atoms in total. The predicted octanol–water partition coefficient (Wildman–Crippen LogP) is 2.00. The first-order valence-corrected chi connectivity index (χ1v) is 3.84. The maximum atomic E-state index is 5.23. The molecule has 0 saturated carbocycles. The minimum Gasteiger partial charge on any atom is -0.382 e. The number of hydrogen-bond acceptors (Lipinski definition) is 2. The van der Waals surface area contributed by atoms with Crippen molar-refractivity contribution in [3.8, 4) is 0 Å². The van der Waals surface area contributed by atoms with E-state index in [2.05, 4.69) is 0 Å². The van der Waals surface area contributed by atoms with Gasteiger partial charge in [-0.3, -0.25) is 0 Å². The summed E-state index contributed by atoms with van der Waals surface area (Å²) in [5, 5.41) is 0. The van der Waals surface area contributed by atoms with Gasteiger partial charge in [0.1, 0.15) is 0 Å². The summed E-state index contributed by atoms with van der Waals surface area (Å²) in [6.45, 7) is 8.31. The zero-order valence-electron chi connectivity index (χ0n) is 7.14. The van der Waals surface area contributed by atoms with Gasteiger partial charge < -0.3 is 9.47 Å². The van der Waals surface area contributed by atoms with Crippen molar-refractivity contribution < 1.29 is 9.47 Å². The van der Waals surface area contributed by atoms with Crippen LogP contribution >= 0.6 is 0 Å². The van der Waals surface area contributed by atoms with Crippen molar-refractivity contribution >= 4 is 0 Å². The summed E-state index contributed by atoms with van der Waals surface area (Å²) in [5.41, 5.74) is 0. The third-order valence-corrected chi connectivity index (χ3v) is 1.19. The van der Waals surface area contributed by atoms with Crippen molar-refractivity contribution in [3.05, 3.63) is 6.10 Å². The molecular weight excluding hydrogens is 128 g/mol. The summed E-state index contributed by atoms with van der Waals surface area (Å²) in [6, 6.07) is 0. The van der Waals surface area contributed by atoms with E-state index in [9.17, 15) is 0 Å². The van der Waals surface area contributed by atoms with Gasteiger partial charge in [0.05, 0.1) is 6.10 Å². The molecular formula is C8H17O2. The molecule has 0 rings (SSSR count). The van der Waals surface area contributed by atoms with Gasteiger partial charge >= 0.3 is 0 Å². The molecule has 0 spiro atoms. The van der Waals surface area contributed by atoms with Gasteiger partial charge in [0, 0.05) is 26.2 Å². The van der Waals surface area contributed by atoms with Gasteiger partial charge in [-0.25, -0.2) is 0 Å². The molecule has 0 fully saturated rings. The Balaban J connectivity index is 2.97. The third-order valence-electron chi connectivity index (χ3n) is 1.19. The fourth-order valence-electron chi connectivity index (χ4n) is 0.679. The van der Waals surface area contributed by atoms with E-state index in [0.717, 1.165) is 32.3 Å². The number of rotatable bonds is 6. The van der Waals surface area contributed by atoms with E-state index in [4.69, 9.17) is 9.47 Å². The topological polar surface area (TPSA) is 18.5 Å². The van der Waals surface area contributed by atoms with Gasteiger partial charge in [0.25, 0.3) is 0 Å². The van der Waals surface area contributed by atoms with Gasteiger partial charge in [-0.05, 0) is 20.8 Å². The second-order valence-corrected chi connectivity index (χ2v) is 2.08. The molecule has 2 heteroatoms. The first-order chi connectivity index (χ1) is 4.81. The first kappa shape index (κ1) is 9.92. The molecule has 10 heavy (non-hydrogen) atoms. The van der Waals surface area contributed by atoms with Gasteiger partial charge in [-0.2, -0.15) is 0 Å². The lowest BCUT2D eigenvalue weighted by molar-refractivity contribution is 0.100. The lowest BCUT2D eigenvalue weighted by Gasteiger charge is -2.08. The highest BCUT2D eigenvalue weighted by Crippen LogP contribution is 2.05. The Morgan fingerprint density at radius 3 is 2.40 bits per heavy atom. The van der Waals surface area contributed by atoms with E-state index in [-0.39, 0.29) is 0 Å². The average Bonchev–Trinajstić information content (AvgIpc) is 1.89. The van der Waals surface area contributed by atoms with Crippen molar-refractivity contribution in [1.82, 2.24) is 0 Å². The molecule has 0 amide bonds. The predicted molar refractivity (Wildman–Crippen MR) is 41.7 cm³/mol. The van der Waals surface area contributed by atoms with E-state index < -0.39 is 0 Å². The van der Waals surface area contributed by atoms with Gasteiger partial charge in [-0.15, -0.1) is 0 Å². The molecule has 0 N–H and O–H groups in total. The zero-order valence-corrected chi connectivity index (χ0v) is 7.14. The molecule has 0 aromatic heterocycles. The molecule has 0 aliphatic carbocycles. The van der Waals surface area contributed by atoms with E-state index in [1.165, 1.54) is 0 Å². The highest BCUT2D eigenvalue weighted by molar-refractivity contribution is 4.69. The average molecular weight is 145 g/mol. The van der Waals surface area contributed by atoms with Crippen LogP contribution in [0.4, 0.5) is 0 Å². The molecule has 0 heterocycles. The van der Waals surface area contributed by atoms with Gasteiger partial charge in [0.2, 0.25) is 0 Å². The summed E-state index contributed by atoms with van der Waals surface area (Å²) in [4.78, 5) is 0. The SMILES string of the molecule is CCOCC[C](C)OCC. The first-order valence-electron chi connectivity index (χ1n) is 3.84. The highest BCUT2D eigenvalue weighted by atomic mass is 16.5. The van der Waals surface area contributed by atoms with Crippen LogP contribution in [0.25, 0.3) is 0 Å². The lowest BCUT2D eigenvalue weighted by atomic mass is 10.3. The zero-order chi connectivity index (χ0) is 7.82. The molecule has 61 valence electrons. The maximum Gasteiger partial charge on any atom is 0.0962 e. The molecule has 0 aliphatic rings. The summed E-state index contributed by atoms with van der Waals surface area (Å²) < 4.78 is 10.4. The monoisotopic (exact) mass is 145 g/mol. The van der Waals surface area contributed by atoms with E-state index in [1.54, 1.807) is 0 Å². The van der Waals surface area contributed by atoms with Crippen LogP contribution in [0.3, 0.4) is 0 Å². The summed E-state index contributed by atoms with van der Waals surface area (Å²) in [7, 11) is 0. The van der Waals surface area contributed by atoms with Crippen LogP contribution in [0.5, 0.6) is 0 Å². The van der Waals surface area contributed by atoms with Crippen LogP contribution in [-0.2, 0) is 9.47 Å². The van der Waals surface area contributed by atoms with Crippen molar-refractivity contribution in [2.75, 3.05) is 19.8 Å². The molecule has 0 unspecified atom stereocenters. The van der Waals surface area contributed by atoms with Gasteiger partial charge in [-0.1, -0.05) is 0 Å². The summed E-state index contributed by atoms with van der Waals surface area (Å²) in [5.74, 6) is 0. The summed E-state index contributed by atoms with van der Waals surface area (Å²) in [6.07, 6.45) is 1.98. The number of ether oxygens (including phenoxy) is 2. The normalized spacial score (nSPS) is 10.8. The second kappa shape index (κ2) is 7.03. The summed E-state index contributed by atoms with van der Waals surface area (Å²) >= 11 is 0. The number of hydrogen-bond donors (Lipinski definition) is 0. The van der Waals surface area contributed by atoms with E-state index in [0.29, 0.717) is 0 Å².